The Morgan fingerprint density at radius 1 is 1.12 bits per heavy atom. The van der Waals surface area contributed by atoms with Crippen LogP contribution < -0.4 is 20.3 Å². The third-order valence-corrected chi connectivity index (χ3v) is 7.74. The van der Waals surface area contributed by atoms with Crippen molar-refractivity contribution in [3.63, 3.8) is 0 Å². The number of hydrogen-bond donors (Lipinski definition) is 2. The molecule has 1 aromatic carbocycles. The molecule has 6 rings (SSSR count). The topological polar surface area (TPSA) is 141 Å². The summed E-state index contributed by atoms with van der Waals surface area (Å²) in [6.07, 6.45) is 9.20. The van der Waals surface area contributed by atoms with Gasteiger partial charge >= 0.3 is 5.69 Å². The molecule has 13 nitrogen and oxygen atoms in total. The van der Waals surface area contributed by atoms with Crippen LogP contribution in [0.2, 0.25) is 0 Å². The molecule has 0 amide bonds. The van der Waals surface area contributed by atoms with Crippen LogP contribution >= 0.6 is 15.9 Å². The maximum absolute atomic E-state index is 11.9. The number of halogens is 1. The van der Waals surface area contributed by atoms with E-state index in [1.807, 2.05) is 30.1 Å². The van der Waals surface area contributed by atoms with Gasteiger partial charge < -0.3 is 24.7 Å². The molecule has 0 fully saturated rings. The summed E-state index contributed by atoms with van der Waals surface area (Å²) in [4.78, 5) is 27.0. The first-order valence-corrected chi connectivity index (χ1v) is 13.7. The minimum Gasteiger partial charge on any atom is -0.494 e. The van der Waals surface area contributed by atoms with Crippen LogP contribution in [-0.4, -0.2) is 53.8 Å². The van der Waals surface area contributed by atoms with Gasteiger partial charge in [-0.3, -0.25) is 14.8 Å². The van der Waals surface area contributed by atoms with E-state index in [4.69, 9.17) is 4.74 Å². The van der Waals surface area contributed by atoms with Crippen molar-refractivity contribution in [2.24, 2.45) is 7.05 Å². The molecule has 210 valence electrons. The molecule has 1 aliphatic rings. The lowest BCUT2D eigenvalue weighted by molar-refractivity contribution is -0.382. The Kier molecular flexibility index (Phi) is 6.69. The number of imidazole rings is 1. The molecule has 0 bridgehead atoms. The molecular formula is C27H27BrN10O3. The highest BCUT2D eigenvalue weighted by Gasteiger charge is 2.27. The molecule has 0 aliphatic carbocycles. The Labute approximate surface area is 243 Å². The molecule has 0 radical (unpaired) electrons. The van der Waals surface area contributed by atoms with Crippen molar-refractivity contribution in [3.8, 4) is 16.9 Å². The third kappa shape index (κ3) is 4.69. The van der Waals surface area contributed by atoms with Crippen LogP contribution in [-0.2, 0) is 13.5 Å². The minimum atomic E-state index is -0.466. The zero-order chi connectivity index (χ0) is 28.8. The van der Waals surface area contributed by atoms with Crippen LogP contribution in [0.5, 0.6) is 5.75 Å². The highest BCUT2D eigenvalue weighted by Crippen LogP contribution is 2.44. The van der Waals surface area contributed by atoms with Crippen LogP contribution in [0.1, 0.15) is 19.5 Å². The smallest absolute Gasteiger partial charge is 0.335 e. The van der Waals surface area contributed by atoms with E-state index in [0.717, 1.165) is 35.5 Å². The first kappa shape index (κ1) is 26.5. The van der Waals surface area contributed by atoms with Gasteiger partial charge in [0.1, 0.15) is 11.4 Å². The fourth-order valence-corrected chi connectivity index (χ4v) is 5.46. The van der Waals surface area contributed by atoms with E-state index in [0.29, 0.717) is 21.7 Å². The van der Waals surface area contributed by atoms with Gasteiger partial charge in [0.05, 0.1) is 28.4 Å². The molecular weight excluding hydrogens is 592 g/mol. The van der Waals surface area contributed by atoms with Crippen molar-refractivity contribution >= 4 is 56.1 Å². The monoisotopic (exact) mass is 618 g/mol. The third-order valence-electron chi connectivity index (χ3n) is 7.16. The zero-order valence-corrected chi connectivity index (χ0v) is 24.4. The number of nitrogens with zero attached hydrogens (tertiary/aromatic N) is 8. The number of ether oxygens (including phenoxy) is 1. The number of hydrogen-bond acceptors (Lipinski definition) is 10. The summed E-state index contributed by atoms with van der Waals surface area (Å²) >= 11 is 3.46. The molecule has 5 heterocycles. The second kappa shape index (κ2) is 10.4. The molecule has 1 aliphatic heterocycles. The normalized spacial score (nSPS) is 12.7. The summed E-state index contributed by atoms with van der Waals surface area (Å²) in [5, 5.41) is 22.8. The number of nitrogens with one attached hydrogen (secondary N) is 2. The fraction of sp³-hybridized carbons (Fsp3) is 0.259. The summed E-state index contributed by atoms with van der Waals surface area (Å²) in [5.74, 6) is 1.25. The van der Waals surface area contributed by atoms with Gasteiger partial charge in [-0.05, 0) is 41.9 Å². The maximum atomic E-state index is 11.9. The van der Waals surface area contributed by atoms with Crippen molar-refractivity contribution in [2.45, 2.75) is 26.3 Å². The number of aryl methyl sites for hydroxylation is 1. The number of anilines is 5. The largest absolute Gasteiger partial charge is 0.494 e. The van der Waals surface area contributed by atoms with Gasteiger partial charge in [0.2, 0.25) is 11.6 Å². The van der Waals surface area contributed by atoms with Crippen molar-refractivity contribution in [2.75, 3.05) is 29.2 Å². The van der Waals surface area contributed by atoms with E-state index in [1.54, 1.807) is 36.2 Å². The zero-order valence-electron chi connectivity index (χ0n) is 22.8. The second-order valence-corrected chi connectivity index (χ2v) is 10.7. The minimum absolute atomic E-state index is 0.160. The first-order valence-electron chi connectivity index (χ1n) is 12.9. The Balaban J connectivity index is 1.39. The van der Waals surface area contributed by atoms with Gasteiger partial charge in [-0.1, -0.05) is 0 Å². The molecule has 4 aromatic heterocycles. The molecule has 0 saturated carbocycles. The van der Waals surface area contributed by atoms with Crippen LogP contribution in [0.3, 0.4) is 0 Å². The van der Waals surface area contributed by atoms with Gasteiger partial charge in [0, 0.05) is 79.4 Å². The van der Waals surface area contributed by atoms with E-state index in [1.165, 1.54) is 6.20 Å². The number of pyridine rings is 1. The number of benzene rings is 1. The van der Waals surface area contributed by atoms with Crippen molar-refractivity contribution in [1.29, 1.82) is 0 Å². The van der Waals surface area contributed by atoms with E-state index in [2.05, 4.69) is 65.4 Å². The van der Waals surface area contributed by atoms with Crippen molar-refractivity contribution < 1.29 is 9.66 Å². The standard InChI is InChI=1S/C27H27BrN10O3/c1-15(2)37-9-6-21-17(13-31-35(21)3)16-11-20(23(41-4)12-22(16)37)33-27-30-14-18(28)25(34-27)32-19-5-8-36-10-7-29-26(36)24(19)38(39)40/h5,7-8,10-15H,6,9H2,1-4H3,(H2,30,32,33,34). The molecule has 0 saturated heterocycles. The average Bonchev–Trinajstić information content (AvgIpc) is 3.52. The number of fused-ring (bicyclic) bond motifs is 4. The quantitative estimate of drug-likeness (QED) is 0.178. The fourth-order valence-electron chi connectivity index (χ4n) is 5.17. The van der Waals surface area contributed by atoms with E-state index in [9.17, 15) is 10.1 Å². The second-order valence-electron chi connectivity index (χ2n) is 9.87. The van der Waals surface area contributed by atoms with Gasteiger partial charge in [-0.2, -0.15) is 10.1 Å². The SMILES string of the molecule is COc1cc2c(cc1Nc1ncc(Br)c(Nc3ccn4ccnc4c3[N+](=O)[O-])n1)-c1cnn(C)c1CCN2C(C)C. The highest BCUT2D eigenvalue weighted by molar-refractivity contribution is 9.10. The maximum Gasteiger partial charge on any atom is 0.335 e. The van der Waals surface area contributed by atoms with Crippen LogP contribution in [0.25, 0.3) is 16.8 Å². The Bertz CT molecular complexity index is 1800. The predicted molar refractivity (Wildman–Crippen MR) is 160 cm³/mol. The molecule has 2 N–H and O–H groups in total. The lowest BCUT2D eigenvalue weighted by Crippen LogP contribution is -2.32. The molecule has 5 aromatic rings. The molecule has 0 spiro atoms. The Hall–Kier alpha value is -4.72. The van der Waals surface area contributed by atoms with Gasteiger partial charge in [-0.15, -0.1) is 0 Å². The van der Waals surface area contributed by atoms with Crippen molar-refractivity contribution in [1.82, 2.24) is 29.1 Å². The molecule has 0 atom stereocenters. The number of rotatable bonds is 7. The molecule has 14 heteroatoms. The average molecular weight is 619 g/mol. The lowest BCUT2D eigenvalue weighted by atomic mass is 10.0. The lowest BCUT2D eigenvalue weighted by Gasteiger charge is -2.30. The number of nitro groups is 1. The van der Waals surface area contributed by atoms with E-state index < -0.39 is 4.92 Å². The van der Waals surface area contributed by atoms with Crippen LogP contribution in [0.4, 0.5) is 34.5 Å². The molecule has 0 unspecified atom stereocenters. The summed E-state index contributed by atoms with van der Waals surface area (Å²) in [6, 6.07) is 5.95. The van der Waals surface area contributed by atoms with E-state index in [-0.39, 0.29) is 29.0 Å². The van der Waals surface area contributed by atoms with Crippen LogP contribution in [0, 0.1) is 10.1 Å². The Morgan fingerprint density at radius 2 is 1.95 bits per heavy atom. The van der Waals surface area contributed by atoms with E-state index >= 15 is 0 Å². The number of methoxy groups -OCH3 is 1. The summed E-state index contributed by atoms with van der Waals surface area (Å²) in [5.41, 5.74) is 5.31. The van der Waals surface area contributed by atoms with Crippen LogP contribution in [0.15, 0.2) is 53.7 Å². The van der Waals surface area contributed by atoms with Gasteiger partial charge in [0.15, 0.2) is 5.82 Å². The van der Waals surface area contributed by atoms with Crippen molar-refractivity contribution in [3.05, 3.63) is 69.5 Å². The molecule has 41 heavy (non-hydrogen) atoms. The Morgan fingerprint density at radius 3 is 2.71 bits per heavy atom. The summed E-state index contributed by atoms with van der Waals surface area (Å²) in [6.45, 7) is 5.21. The van der Waals surface area contributed by atoms with Gasteiger partial charge in [-0.25, -0.2) is 9.97 Å². The summed E-state index contributed by atoms with van der Waals surface area (Å²) in [7, 11) is 3.59. The van der Waals surface area contributed by atoms with Gasteiger partial charge in [0.25, 0.3) is 0 Å². The summed E-state index contributed by atoms with van der Waals surface area (Å²) < 4.78 is 9.84. The number of aromatic nitrogens is 6. The highest BCUT2D eigenvalue weighted by atomic mass is 79.9. The predicted octanol–water partition coefficient (Wildman–Crippen LogP) is 5.46. The first-order chi connectivity index (χ1) is 19.7.